The fraction of sp³-hybridized carbons (Fsp3) is 0.333. The van der Waals surface area contributed by atoms with Crippen molar-refractivity contribution in [3.8, 4) is 0 Å². The van der Waals surface area contributed by atoms with E-state index in [0.717, 1.165) is 21.0 Å². The third-order valence-corrected chi connectivity index (χ3v) is 5.99. The molecule has 2 rings (SSSR count). The molecule has 0 heterocycles. The second kappa shape index (κ2) is 9.09. The average molecular weight is 419 g/mol. The first-order valence-corrected chi connectivity index (χ1v) is 10.6. The third kappa shape index (κ3) is 5.35. The Hall–Kier alpha value is -2.87. The molecule has 1 amide bonds. The van der Waals surface area contributed by atoms with Crippen LogP contribution in [0.2, 0.25) is 0 Å². The first kappa shape index (κ1) is 22.4. The van der Waals surface area contributed by atoms with Gasteiger partial charge in [-0.2, -0.15) is 0 Å². The van der Waals surface area contributed by atoms with Crippen LogP contribution in [0.3, 0.4) is 0 Å². The van der Waals surface area contributed by atoms with Gasteiger partial charge in [-0.3, -0.25) is 13.9 Å². The van der Waals surface area contributed by atoms with Crippen molar-refractivity contribution >= 4 is 33.3 Å². The highest BCUT2D eigenvalue weighted by Gasteiger charge is 2.30. The summed E-state index contributed by atoms with van der Waals surface area (Å²) in [5.74, 6) is -0.888. The van der Waals surface area contributed by atoms with E-state index in [2.05, 4.69) is 5.32 Å². The minimum Gasteiger partial charge on any atom is -0.465 e. The van der Waals surface area contributed by atoms with E-state index in [1.807, 2.05) is 32.9 Å². The lowest BCUT2D eigenvalue weighted by atomic mass is 10.1. The second-order valence-electron chi connectivity index (χ2n) is 6.77. The molecule has 0 radical (unpaired) electrons. The van der Waals surface area contributed by atoms with E-state index in [4.69, 9.17) is 4.74 Å². The van der Waals surface area contributed by atoms with Crippen molar-refractivity contribution in [2.24, 2.45) is 0 Å². The number of hydrogen-bond acceptors (Lipinski definition) is 5. The number of hydrogen-bond donors (Lipinski definition) is 1. The van der Waals surface area contributed by atoms with Gasteiger partial charge in [0.15, 0.2) is 0 Å². The van der Waals surface area contributed by atoms with Crippen LogP contribution >= 0.6 is 0 Å². The summed E-state index contributed by atoms with van der Waals surface area (Å²) in [6, 6.07) is 9.55. The number of benzene rings is 2. The quantitative estimate of drug-likeness (QED) is 0.696. The lowest BCUT2D eigenvalue weighted by Gasteiger charge is -2.27. The highest BCUT2D eigenvalue weighted by Crippen LogP contribution is 2.31. The summed E-state index contributed by atoms with van der Waals surface area (Å²) in [6.45, 7) is 8.30. The first-order valence-electron chi connectivity index (χ1n) is 9.20. The van der Waals surface area contributed by atoms with E-state index >= 15 is 0 Å². The maximum Gasteiger partial charge on any atom is 0.326 e. The Labute approximate surface area is 171 Å². The fourth-order valence-corrected chi connectivity index (χ4v) is 4.75. The molecule has 0 spiro atoms. The van der Waals surface area contributed by atoms with Crippen LogP contribution < -0.4 is 9.62 Å². The Morgan fingerprint density at radius 3 is 2.07 bits per heavy atom. The summed E-state index contributed by atoms with van der Waals surface area (Å²) in [6.07, 6.45) is 0. The predicted octanol–water partition coefficient (Wildman–Crippen LogP) is 3.33. The Balaban J connectivity index is 2.55. The molecular formula is C21H26N2O5S. The minimum absolute atomic E-state index is 0.00951. The van der Waals surface area contributed by atoms with Gasteiger partial charge in [0.1, 0.15) is 6.54 Å². The molecule has 0 atom stereocenters. The van der Waals surface area contributed by atoms with Crippen molar-refractivity contribution in [1.82, 2.24) is 0 Å². The van der Waals surface area contributed by atoms with Crippen LogP contribution in [-0.4, -0.2) is 33.4 Å². The number of sulfonamides is 1. The van der Waals surface area contributed by atoms with Crippen molar-refractivity contribution in [2.45, 2.75) is 39.5 Å². The van der Waals surface area contributed by atoms with E-state index in [0.29, 0.717) is 11.4 Å². The Kier molecular flexibility index (Phi) is 7.02. The first-order chi connectivity index (χ1) is 13.6. The van der Waals surface area contributed by atoms with Gasteiger partial charge >= 0.3 is 5.97 Å². The third-order valence-electron chi connectivity index (χ3n) is 4.23. The van der Waals surface area contributed by atoms with Crippen LogP contribution in [0.1, 0.15) is 30.5 Å². The lowest BCUT2D eigenvalue weighted by Crippen LogP contribution is -2.37. The van der Waals surface area contributed by atoms with Crippen molar-refractivity contribution in [3.63, 3.8) is 0 Å². The van der Waals surface area contributed by atoms with Crippen molar-refractivity contribution in [1.29, 1.82) is 0 Å². The van der Waals surface area contributed by atoms with Gasteiger partial charge in [-0.1, -0.05) is 17.7 Å². The Morgan fingerprint density at radius 1 is 1.03 bits per heavy atom. The number of anilines is 2. The van der Waals surface area contributed by atoms with Gasteiger partial charge in [-0.05, 0) is 63.1 Å². The van der Waals surface area contributed by atoms with Gasteiger partial charge in [0, 0.05) is 12.6 Å². The topological polar surface area (TPSA) is 92.8 Å². The Morgan fingerprint density at radius 2 is 1.59 bits per heavy atom. The fourth-order valence-electron chi connectivity index (χ4n) is 3.21. The summed E-state index contributed by atoms with van der Waals surface area (Å²) < 4.78 is 32.9. The van der Waals surface area contributed by atoms with Crippen LogP contribution in [-0.2, 0) is 24.3 Å². The van der Waals surface area contributed by atoms with E-state index in [1.54, 1.807) is 6.92 Å². The molecule has 29 heavy (non-hydrogen) atoms. The summed E-state index contributed by atoms with van der Waals surface area (Å²) >= 11 is 0. The highest BCUT2D eigenvalue weighted by molar-refractivity contribution is 7.92. The molecule has 0 unspecified atom stereocenters. The SMILES string of the molecule is CCOC(=O)CN(c1c(C)cc(C)cc1C)S(=O)(=O)c1ccc(NC(C)=O)cc1. The predicted molar refractivity (Wildman–Crippen MR) is 113 cm³/mol. The smallest absolute Gasteiger partial charge is 0.326 e. The number of carbonyl (C=O) groups excluding carboxylic acids is 2. The van der Waals surface area contributed by atoms with E-state index in [1.165, 1.54) is 31.2 Å². The summed E-state index contributed by atoms with van der Waals surface area (Å²) in [7, 11) is -4.05. The molecule has 0 aliphatic rings. The highest BCUT2D eigenvalue weighted by atomic mass is 32.2. The number of esters is 1. The summed E-state index contributed by atoms with van der Waals surface area (Å²) in [5, 5.41) is 2.60. The zero-order valence-electron chi connectivity index (χ0n) is 17.3. The molecule has 2 aromatic carbocycles. The van der Waals surface area contributed by atoms with Crippen molar-refractivity contribution in [2.75, 3.05) is 22.8 Å². The molecule has 7 nitrogen and oxygen atoms in total. The number of ether oxygens (including phenoxy) is 1. The number of carbonyl (C=O) groups is 2. The minimum atomic E-state index is -4.05. The molecule has 0 aliphatic carbocycles. The molecule has 0 aliphatic heterocycles. The molecular weight excluding hydrogens is 392 g/mol. The largest absolute Gasteiger partial charge is 0.465 e. The van der Waals surface area contributed by atoms with Crippen LogP contribution in [0.25, 0.3) is 0 Å². The maximum absolute atomic E-state index is 13.4. The zero-order valence-corrected chi connectivity index (χ0v) is 18.1. The van der Waals surface area contributed by atoms with Gasteiger partial charge < -0.3 is 10.1 Å². The van der Waals surface area contributed by atoms with Crippen LogP contribution in [0.15, 0.2) is 41.3 Å². The number of amides is 1. The number of rotatable bonds is 7. The lowest BCUT2D eigenvalue weighted by molar-refractivity contribution is -0.141. The van der Waals surface area contributed by atoms with Crippen molar-refractivity contribution < 1.29 is 22.7 Å². The molecule has 0 saturated heterocycles. The normalized spacial score (nSPS) is 11.1. The molecule has 0 aromatic heterocycles. The second-order valence-corrected chi connectivity index (χ2v) is 8.63. The molecule has 8 heteroatoms. The maximum atomic E-state index is 13.4. The number of nitrogens with one attached hydrogen (secondary N) is 1. The van der Waals surface area contributed by atoms with E-state index < -0.39 is 22.5 Å². The summed E-state index contributed by atoms with van der Waals surface area (Å²) in [5.41, 5.74) is 3.41. The van der Waals surface area contributed by atoms with Gasteiger partial charge in [-0.25, -0.2) is 8.42 Å². The molecule has 1 N–H and O–H groups in total. The van der Waals surface area contributed by atoms with Crippen LogP contribution in [0, 0.1) is 20.8 Å². The Bertz CT molecular complexity index is 991. The average Bonchev–Trinajstić information content (AvgIpc) is 2.60. The van der Waals surface area contributed by atoms with Crippen LogP contribution in [0.4, 0.5) is 11.4 Å². The van der Waals surface area contributed by atoms with Crippen LogP contribution in [0.5, 0.6) is 0 Å². The van der Waals surface area contributed by atoms with Gasteiger partial charge in [0.05, 0.1) is 17.2 Å². The molecule has 0 fully saturated rings. The summed E-state index contributed by atoms with van der Waals surface area (Å²) in [4.78, 5) is 23.4. The number of aryl methyl sites for hydroxylation is 3. The monoisotopic (exact) mass is 418 g/mol. The standard InChI is InChI=1S/C21H26N2O5S/c1-6-28-20(25)13-23(21-15(3)11-14(2)12-16(21)4)29(26,27)19-9-7-18(8-10-19)22-17(5)24/h7-12H,6,13H2,1-5H3,(H,22,24). The van der Waals surface area contributed by atoms with Gasteiger partial charge in [0.25, 0.3) is 10.0 Å². The van der Waals surface area contributed by atoms with Crippen molar-refractivity contribution in [3.05, 3.63) is 53.1 Å². The van der Waals surface area contributed by atoms with E-state index in [9.17, 15) is 18.0 Å². The molecule has 0 bridgehead atoms. The molecule has 156 valence electrons. The molecule has 2 aromatic rings. The van der Waals surface area contributed by atoms with Gasteiger partial charge in [0.2, 0.25) is 5.91 Å². The number of nitrogens with zero attached hydrogens (tertiary/aromatic N) is 1. The molecule has 0 saturated carbocycles. The van der Waals surface area contributed by atoms with E-state index in [-0.39, 0.29) is 17.4 Å². The van der Waals surface area contributed by atoms with Gasteiger partial charge in [-0.15, -0.1) is 0 Å². The zero-order chi connectivity index (χ0) is 21.8.